The van der Waals surface area contributed by atoms with Gasteiger partial charge in [0.25, 0.3) is 0 Å². The molecule has 0 radical (unpaired) electrons. The quantitative estimate of drug-likeness (QED) is 0.850. The average Bonchev–Trinajstić information content (AvgIpc) is 2.41. The van der Waals surface area contributed by atoms with Crippen molar-refractivity contribution in [3.63, 3.8) is 0 Å². The molecule has 5 heteroatoms. The summed E-state index contributed by atoms with van der Waals surface area (Å²) < 4.78 is 37.8. The Kier molecular flexibility index (Phi) is 3.73. The number of benzene rings is 1. The molecule has 0 aliphatic carbocycles. The van der Waals surface area contributed by atoms with Gasteiger partial charge in [-0.25, -0.2) is 12.8 Å². The van der Waals surface area contributed by atoms with E-state index in [0.717, 1.165) is 0 Å². The van der Waals surface area contributed by atoms with Gasteiger partial charge in [-0.1, -0.05) is 12.1 Å². The molecule has 18 heavy (non-hydrogen) atoms. The Balaban J connectivity index is 2.39. The fourth-order valence-electron chi connectivity index (χ4n) is 2.42. The number of rotatable bonds is 1. The zero-order chi connectivity index (χ0) is 13.3. The molecule has 3 atom stereocenters. The van der Waals surface area contributed by atoms with Gasteiger partial charge in [0, 0.05) is 6.04 Å². The Hall–Kier alpha value is -0.940. The van der Waals surface area contributed by atoms with Crippen LogP contribution in [0.2, 0.25) is 0 Å². The zero-order valence-electron chi connectivity index (χ0n) is 10.6. The second kappa shape index (κ2) is 4.97. The highest BCUT2D eigenvalue weighted by Crippen LogP contribution is 2.28. The zero-order valence-corrected chi connectivity index (χ0v) is 11.4. The maximum Gasteiger partial charge on any atom is 0.157 e. The lowest BCUT2D eigenvalue weighted by atomic mass is 10.0. The van der Waals surface area contributed by atoms with E-state index in [1.807, 2.05) is 0 Å². The molecule has 0 saturated carbocycles. The van der Waals surface area contributed by atoms with Gasteiger partial charge in [-0.3, -0.25) is 0 Å². The van der Waals surface area contributed by atoms with E-state index in [-0.39, 0.29) is 17.1 Å². The summed E-state index contributed by atoms with van der Waals surface area (Å²) in [6.45, 7) is 4.06. The summed E-state index contributed by atoms with van der Waals surface area (Å²) in [7, 11) is -3.17. The number of nitrogens with one attached hydrogen (secondary N) is 1. The molecule has 0 spiro atoms. The van der Waals surface area contributed by atoms with Gasteiger partial charge in [-0.2, -0.15) is 0 Å². The van der Waals surface area contributed by atoms with E-state index in [4.69, 9.17) is 0 Å². The Morgan fingerprint density at radius 1 is 1.33 bits per heavy atom. The van der Waals surface area contributed by atoms with Crippen molar-refractivity contribution in [1.82, 2.24) is 5.32 Å². The monoisotopic (exact) mass is 271 g/mol. The highest BCUT2D eigenvalue weighted by atomic mass is 32.2. The molecule has 1 aliphatic rings. The Morgan fingerprint density at radius 2 is 2.06 bits per heavy atom. The minimum Gasteiger partial charge on any atom is -0.309 e. The van der Waals surface area contributed by atoms with Crippen LogP contribution in [0.4, 0.5) is 4.39 Å². The molecule has 2 rings (SSSR count). The number of hydrogen-bond donors (Lipinski definition) is 1. The van der Waals surface area contributed by atoms with E-state index in [2.05, 4.69) is 5.32 Å². The lowest BCUT2D eigenvalue weighted by Crippen LogP contribution is -2.34. The van der Waals surface area contributed by atoms with Gasteiger partial charge < -0.3 is 5.32 Å². The predicted octanol–water partition coefficient (Wildman–Crippen LogP) is 2.05. The molecule has 100 valence electrons. The summed E-state index contributed by atoms with van der Waals surface area (Å²) in [5.41, 5.74) is 0.695. The molecular weight excluding hydrogens is 253 g/mol. The van der Waals surface area contributed by atoms with Gasteiger partial charge in [0.1, 0.15) is 5.82 Å². The molecular formula is C13H18FNO2S. The molecule has 1 aromatic carbocycles. The Bertz CT molecular complexity index is 530. The minimum atomic E-state index is -3.17. The molecule has 1 aliphatic heterocycles. The summed E-state index contributed by atoms with van der Waals surface area (Å²) in [5, 5.41) is 2.32. The molecule has 1 saturated heterocycles. The van der Waals surface area contributed by atoms with Gasteiger partial charge in [-0.05, 0) is 44.5 Å². The number of sulfone groups is 1. The first-order chi connectivity index (χ1) is 8.43. The van der Waals surface area contributed by atoms with Crippen LogP contribution in [0.25, 0.3) is 0 Å². The second-order valence-corrected chi connectivity index (χ2v) is 7.61. The number of halogens is 1. The van der Waals surface area contributed by atoms with Crippen LogP contribution in [0, 0.1) is 5.82 Å². The van der Waals surface area contributed by atoms with Crippen LogP contribution in [-0.4, -0.2) is 25.5 Å². The topological polar surface area (TPSA) is 46.2 Å². The average molecular weight is 271 g/mol. The first kappa shape index (κ1) is 13.5. The first-order valence-electron chi connectivity index (χ1n) is 6.14. The van der Waals surface area contributed by atoms with E-state index in [9.17, 15) is 12.8 Å². The van der Waals surface area contributed by atoms with Gasteiger partial charge >= 0.3 is 0 Å². The summed E-state index contributed by atoms with van der Waals surface area (Å²) in [6, 6.07) is 5.81. The van der Waals surface area contributed by atoms with Crippen LogP contribution in [0.1, 0.15) is 31.9 Å². The van der Waals surface area contributed by atoms with Crippen LogP contribution in [0.3, 0.4) is 0 Å². The molecule has 3 unspecified atom stereocenters. The molecule has 0 amide bonds. The summed E-state index contributed by atoms with van der Waals surface area (Å²) in [5.74, 6) is -0.337. The normalized spacial score (nSPS) is 31.8. The summed E-state index contributed by atoms with van der Waals surface area (Å²) >= 11 is 0. The third kappa shape index (κ3) is 2.42. The molecule has 1 N–H and O–H groups in total. The fraction of sp³-hybridized carbons (Fsp3) is 0.538. The van der Waals surface area contributed by atoms with Crippen molar-refractivity contribution in [3.8, 4) is 0 Å². The number of hydrogen-bond acceptors (Lipinski definition) is 3. The van der Waals surface area contributed by atoms with Crippen LogP contribution < -0.4 is 5.32 Å². The van der Waals surface area contributed by atoms with E-state index in [0.29, 0.717) is 18.5 Å². The van der Waals surface area contributed by atoms with Crippen molar-refractivity contribution >= 4 is 9.84 Å². The van der Waals surface area contributed by atoms with Crippen LogP contribution >= 0.6 is 0 Å². The van der Waals surface area contributed by atoms with Crippen molar-refractivity contribution in [1.29, 1.82) is 0 Å². The Labute approximate surface area is 107 Å². The molecule has 1 aromatic rings. The van der Waals surface area contributed by atoms with Crippen molar-refractivity contribution in [2.75, 3.05) is 6.54 Å². The van der Waals surface area contributed by atoms with Gasteiger partial charge in [0.15, 0.2) is 9.84 Å². The van der Waals surface area contributed by atoms with Crippen molar-refractivity contribution in [2.45, 2.75) is 36.8 Å². The third-order valence-electron chi connectivity index (χ3n) is 3.67. The van der Waals surface area contributed by atoms with E-state index in [1.54, 1.807) is 26.0 Å². The summed E-state index contributed by atoms with van der Waals surface area (Å²) in [6.07, 6.45) is 0.596. The van der Waals surface area contributed by atoms with Crippen LogP contribution in [0.5, 0.6) is 0 Å². The lowest BCUT2D eigenvalue weighted by molar-refractivity contribution is 0.516. The highest BCUT2D eigenvalue weighted by Gasteiger charge is 2.36. The molecule has 0 aromatic heterocycles. The minimum absolute atomic E-state index is 0.337. The fourth-order valence-corrected chi connectivity index (χ4v) is 4.23. The van der Waals surface area contributed by atoms with Gasteiger partial charge in [0.2, 0.25) is 0 Å². The standard InChI is InChI=1S/C13H18FNO2S/c1-9-6-7-15-13(10(2)18(9,16)17)11-4-3-5-12(14)8-11/h3-5,8-10,13,15H,6-7H2,1-2H3. The second-order valence-electron chi connectivity index (χ2n) is 4.88. The van der Waals surface area contributed by atoms with Crippen LogP contribution in [0.15, 0.2) is 24.3 Å². The van der Waals surface area contributed by atoms with E-state index >= 15 is 0 Å². The highest BCUT2D eigenvalue weighted by molar-refractivity contribution is 7.92. The van der Waals surface area contributed by atoms with Crippen molar-refractivity contribution < 1.29 is 12.8 Å². The maximum absolute atomic E-state index is 13.2. The SMILES string of the molecule is CC1CCNC(c2cccc(F)c2)C(C)S1(=O)=O. The van der Waals surface area contributed by atoms with E-state index < -0.39 is 15.1 Å². The van der Waals surface area contributed by atoms with E-state index in [1.165, 1.54) is 12.1 Å². The van der Waals surface area contributed by atoms with Crippen molar-refractivity contribution in [2.24, 2.45) is 0 Å². The largest absolute Gasteiger partial charge is 0.309 e. The maximum atomic E-state index is 13.2. The Morgan fingerprint density at radius 3 is 2.72 bits per heavy atom. The van der Waals surface area contributed by atoms with Gasteiger partial charge in [0.05, 0.1) is 10.5 Å². The summed E-state index contributed by atoms with van der Waals surface area (Å²) in [4.78, 5) is 0. The smallest absolute Gasteiger partial charge is 0.157 e. The molecule has 1 heterocycles. The first-order valence-corrected chi connectivity index (χ1v) is 7.75. The van der Waals surface area contributed by atoms with Crippen molar-refractivity contribution in [3.05, 3.63) is 35.6 Å². The van der Waals surface area contributed by atoms with Gasteiger partial charge in [-0.15, -0.1) is 0 Å². The molecule has 0 bridgehead atoms. The predicted molar refractivity (Wildman–Crippen MR) is 69.6 cm³/mol. The van der Waals surface area contributed by atoms with Crippen LogP contribution in [-0.2, 0) is 9.84 Å². The third-order valence-corrected chi connectivity index (χ3v) is 6.34. The molecule has 3 nitrogen and oxygen atoms in total. The lowest BCUT2D eigenvalue weighted by Gasteiger charge is -2.23. The molecule has 1 fully saturated rings.